The summed E-state index contributed by atoms with van der Waals surface area (Å²) in [4.78, 5) is -0.445. The molecule has 1 aromatic carbocycles. The van der Waals surface area contributed by atoms with Gasteiger partial charge < -0.3 is 5.11 Å². The van der Waals surface area contributed by atoms with Crippen molar-refractivity contribution in [2.75, 3.05) is 0 Å². The van der Waals surface area contributed by atoms with Crippen LogP contribution in [0.15, 0.2) is 18.2 Å². The normalized spacial score (nSPS) is 25.6. The molecule has 1 aliphatic carbocycles. The lowest BCUT2D eigenvalue weighted by Crippen LogP contribution is -2.34. The Labute approximate surface area is 120 Å². The van der Waals surface area contributed by atoms with Crippen LogP contribution in [-0.2, 0) is 11.3 Å². The molecular weight excluding hydrogens is 347 g/mol. The van der Waals surface area contributed by atoms with Crippen molar-refractivity contribution >= 4 is 15.9 Å². The first-order chi connectivity index (χ1) is 8.90. The van der Waals surface area contributed by atoms with E-state index in [1.54, 1.807) is 13.8 Å². The van der Waals surface area contributed by atoms with Gasteiger partial charge in [0, 0.05) is 11.0 Å². The van der Waals surface area contributed by atoms with Crippen LogP contribution in [0, 0.1) is 0 Å². The van der Waals surface area contributed by atoms with Gasteiger partial charge in [-0.1, -0.05) is 41.9 Å². The van der Waals surface area contributed by atoms with Crippen molar-refractivity contribution < 1.29 is 27.1 Å². The van der Waals surface area contributed by atoms with E-state index in [9.17, 15) is 27.1 Å². The smallest absolute Gasteiger partial charge is 0.387 e. The van der Waals surface area contributed by atoms with E-state index in [0.717, 1.165) is 18.2 Å². The van der Waals surface area contributed by atoms with Gasteiger partial charge in [-0.3, -0.25) is 0 Å². The lowest BCUT2D eigenvalue weighted by atomic mass is 9.85. The minimum atomic E-state index is -5.64. The van der Waals surface area contributed by atoms with E-state index in [1.807, 2.05) is 0 Å². The topological polar surface area (TPSA) is 20.2 Å². The van der Waals surface area contributed by atoms with Crippen molar-refractivity contribution in [3.63, 3.8) is 0 Å². The summed E-state index contributed by atoms with van der Waals surface area (Å²) in [6.07, 6.45) is -6.58. The zero-order valence-electron chi connectivity index (χ0n) is 10.6. The molecule has 112 valence electrons. The highest BCUT2D eigenvalue weighted by Gasteiger charge is 2.59. The Hall–Kier alpha value is -0.690. The molecule has 7 heteroatoms. The van der Waals surface area contributed by atoms with Gasteiger partial charge in [0.2, 0.25) is 0 Å². The molecule has 1 aromatic rings. The third-order valence-electron chi connectivity index (χ3n) is 3.75. The minimum absolute atomic E-state index is 0.299. The molecule has 0 saturated carbocycles. The fraction of sp³-hybridized carbons (Fsp3) is 0.538. The molecule has 0 saturated heterocycles. The lowest BCUT2D eigenvalue weighted by molar-refractivity contribution is -0.289. The molecule has 1 nitrogen and oxygen atoms in total. The molecule has 0 fully saturated rings. The summed E-state index contributed by atoms with van der Waals surface area (Å²) in [5.74, 6) is -4.91. The highest BCUT2D eigenvalue weighted by molar-refractivity contribution is 9.09. The van der Waals surface area contributed by atoms with Crippen LogP contribution >= 0.6 is 15.9 Å². The van der Waals surface area contributed by atoms with Gasteiger partial charge in [0.15, 0.2) is 0 Å². The van der Waals surface area contributed by atoms with E-state index < -0.39 is 34.0 Å². The molecule has 0 bridgehead atoms. The van der Waals surface area contributed by atoms with E-state index in [4.69, 9.17) is 0 Å². The Bertz CT molecular complexity index is 538. The van der Waals surface area contributed by atoms with E-state index >= 15 is 0 Å². The number of aliphatic hydroxyl groups excluding tert-OH is 1. The van der Waals surface area contributed by atoms with Crippen molar-refractivity contribution in [2.45, 2.75) is 42.3 Å². The van der Waals surface area contributed by atoms with Crippen LogP contribution in [0.3, 0.4) is 0 Å². The van der Waals surface area contributed by atoms with Crippen LogP contribution in [-0.4, -0.2) is 16.1 Å². The first-order valence-corrected chi connectivity index (χ1v) is 6.74. The maximum atomic E-state index is 13.4. The molecule has 2 rings (SSSR count). The molecule has 0 aliphatic heterocycles. The van der Waals surface area contributed by atoms with Gasteiger partial charge in [-0.25, -0.2) is 0 Å². The average Bonchev–Trinajstić information content (AvgIpc) is 2.50. The van der Waals surface area contributed by atoms with Crippen LogP contribution in [0.2, 0.25) is 0 Å². The number of aliphatic hydroxyl groups is 1. The number of fused-ring (bicyclic) bond motifs is 1. The second kappa shape index (κ2) is 4.40. The summed E-state index contributed by atoms with van der Waals surface area (Å²) >= 11 is 3.26. The van der Waals surface area contributed by atoms with Crippen molar-refractivity contribution in [1.29, 1.82) is 0 Å². The van der Waals surface area contributed by atoms with Crippen LogP contribution in [0.25, 0.3) is 0 Å². The molecule has 1 N–H and O–H groups in total. The second-order valence-corrected chi connectivity index (χ2v) is 6.43. The molecule has 1 aliphatic rings. The number of rotatable bonds is 1. The predicted molar refractivity (Wildman–Crippen MR) is 67.1 cm³/mol. The quantitative estimate of drug-likeness (QED) is 0.581. The maximum absolute atomic E-state index is 13.4. The minimum Gasteiger partial charge on any atom is -0.387 e. The van der Waals surface area contributed by atoms with Gasteiger partial charge in [0.25, 0.3) is 0 Å². The largest absolute Gasteiger partial charge is 0.458 e. The van der Waals surface area contributed by atoms with E-state index in [0.29, 0.717) is 11.1 Å². The van der Waals surface area contributed by atoms with Gasteiger partial charge >= 0.3 is 12.1 Å². The SMILES string of the molecule is CC1(C)c2cc(C(F)(F)C(F)(F)F)ccc2C(O)C1Br. The zero-order chi connectivity index (χ0) is 15.5. The summed E-state index contributed by atoms with van der Waals surface area (Å²) in [6, 6.07) is 2.70. The monoisotopic (exact) mass is 358 g/mol. The van der Waals surface area contributed by atoms with Crippen LogP contribution in [0.5, 0.6) is 0 Å². The summed E-state index contributed by atoms with van der Waals surface area (Å²) < 4.78 is 64.0. The van der Waals surface area contributed by atoms with E-state index in [2.05, 4.69) is 15.9 Å². The van der Waals surface area contributed by atoms with Gasteiger partial charge in [0.1, 0.15) is 0 Å². The fourth-order valence-electron chi connectivity index (χ4n) is 2.43. The van der Waals surface area contributed by atoms with Crippen molar-refractivity contribution in [2.24, 2.45) is 0 Å². The number of halogens is 6. The molecule has 2 unspecified atom stereocenters. The Balaban J connectivity index is 2.58. The second-order valence-electron chi connectivity index (χ2n) is 5.44. The molecular formula is C13H12BrF5O. The third-order valence-corrected chi connectivity index (χ3v) is 5.40. The van der Waals surface area contributed by atoms with Crippen molar-refractivity contribution in [1.82, 2.24) is 0 Å². The van der Waals surface area contributed by atoms with Crippen LogP contribution in [0.4, 0.5) is 22.0 Å². The van der Waals surface area contributed by atoms with E-state index in [-0.39, 0.29) is 0 Å². The van der Waals surface area contributed by atoms with E-state index in [1.165, 1.54) is 0 Å². The molecule has 20 heavy (non-hydrogen) atoms. The van der Waals surface area contributed by atoms with Gasteiger partial charge in [0.05, 0.1) is 10.9 Å². The first-order valence-electron chi connectivity index (χ1n) is 5.82. The Morgan fingerprint density at radius 2 is 1.70 bits per heavy atom. The van der Waals surface area contributed by atoms with Gasteiger partial charge in [-0.15, -0.1) is 0 Å². The summed E-state index contributed by atoms with van der Waals surface area (Å²) in [7, 11) is 0. The Morgan fingerprint density at radius 3 is 2.20 bits per heavy atom. The third kappa shape index (κ3) is 2.06. The van der Waals surface area contributed by atoms with Gasteiger partial charge in [-0.05, 0) is 17.2 Å². The zero-order valence-corrected chi connectivity index (χ0v) is 12.2. The van der Waals surface area contributed by atoms with Crippen molar-refractivity contribution in [3.05, 3.63) is 34.9 Å². The number of benzene rings is 1. The molecule has 0 aromatic heterocycles. The lowest BCUT2D eigenvalue weighted by Gasteiger charge is -2.26. The molecule has 2 atom stereocenters. The van der Waals surface area contributed by atoms with Gasteiger partial charge in [-0.2, -0.15) is 22.0 Å². The summed E-state index contributed by atoms with van der Waals surface area (Å²) in [6.45, 7) is 3.36. The standard InChI is InChI=1S/C13H12BrF5O/c1-11(2)8-5-6(12(15,16)13(17,18)19)3-4-7(8)9(20)10(11)14/h3-5,9-10,20H,1-2H3. The highest BCUT2D eigenvalue weighted by atomic mass is 79.9. The highest BCUT2D eigenvalue weighted by Crippen LogP contribution is 2.51. The molecule has 0 spiro atoms. The molecule has 0 amide bonds. The van der Waals surface area contributed by atoms with Crippen molar-refractivity contribution in [3.8, 4) is 0 Å². The molecule has 0 heterocycles. The predicted octanol–water partition coefficient (Wildman–Crippen LogP) is 4.43. The fourth-order valence-corrected chi connectivity index (χ4v) is 2.96. The summed E-state index contributed by atoms with van der Waals surface area (Å²) in [5.41, 5.74) is -1.18. The molecule has 0 radical (unpaired) electrons. The average molecular weight is 359 g/mol. The Morgan fingerprint density at radius 1 is 1.15 bits per heavy atom. The number of alkyl halides is 6. The summed E-state index contributed by atoms with van der Waals surface area (Å²) in [5, 5.41) is 9.98. The Kier molecular flexibility index (Phi) is 3.45. The van der Waals surface area contributed by atoms with Crippen LogP contribution in [0.1, 0.15) is 36.6 Å². The maximum Gasteiger partial charge on any atom is 0.458 e. The van der Waals surface area contributed by atoms with Crippen LogP contribution < -0.4 is 0 Å². The number of hydrogen-bond acceptors (Lipinski definition) is 1. The first kappa shape index (κ1) is 15.7. The number of hydrogen-bond donors (Lipinski definition) is 1.